The number of ether oxygens (including phenoxy) is 1. The Balaban J connectivity index is 2.57. The predicted molar refractivity (Wildman–Crippen MR) is 59.7 cm³/mol. The first-order valence-electron chi connectivity index (χ1n) is 5.73. The van der Waals surface area contributed by atoms with Gasteiger partial charge in [0.2, 0.25) is 0 Å². The van der Waals surface area contributed by atoms with Crippen molar-refractivity contribution in [3.05, 3.63) is 0 Å². The van der Waals surface area contributed by atoms with Crippen molar-refractivity contribution >= 4 is 5.91 Å². The first-order chi connectivity index (χ1) is 7.07. The summed E-state index contributed by atoms with van der Waals surface area (Å²) in [4.78, 5) is 13.9. The van der Waals surface area contributed by atoms with Crippen molar-refractivity contribution in [1.29, 1.82) is 0 Å². The summed E-state index contributed by atoms with van der Waals surface area (Å²) in [5.41, 5.74) is 0. The highest BCUT2D eigenvalue weighted by atomic mass is 16.5. The summed E-state index contributed by atoms with van der Waals surface area (Å²) in [5, 5.41) is 3.35. The molecule has 3 unspecified atom stereocenters. The van der Waals surface area contributed by atoms with E-state index in [1.54, 1.807) is 0 Å². The van der Waals surface area contributed by atoms with Gasteiger partial charge < -0.3 is 15.0 Å². The zero-order valence-corrected chi connectivity index (χ0v) is 10.1. The smallest absolute Gasteiger partial charge is 0.251 e. The Hall–Kier alpha value is -0.610. The molecule has 1 N–H and O–H groups in total. The van der Waals surface area contributed by atoms with E-state index in [1.165, 1.54) is 0 Å². The summed E-state index contributed by atoms with van der Waals surface area (Å²) in [7, 11) is 0. The van der Waals surface area contributed by atoms with Crippen LogP contribution in [0.4, 0.5) is 0 Å². The fraction of sp³-hybridized carbons (Fsp3) is 0.909. The lowest BCUT2D eigenvalue weighted by Gasteiger charge is -2.39. The summed E-state index contributed by atoms with van der Waals surface area (Å²) in [6.07, 6.45) is -0.317. The van der Waals surface area contributed by atoms with Crippen molar-refractivity contribution in [3.8, 4) is 0 Å². The molecule has 4 nitrogen and oxygen atoms in total. The summed E-state index contributed by atoms with van der Waals surface area (Å²) < 4.78 is 5.33. The van der Waals surface area contributed by atoms with E-state index in [1.807, 2.05) is 18.7 Å². The number of amides is 1. The molecule has 0 aromatic rings. The summed E-state index contributed by atoms with van der Waals surface area (Å²) in [6.45, 7) is 10.2. The number of hydrogen-bond donors (Lipinski definition) is 1. The first kappa shape index (κ1) is 12.5. The number of nitrogens with zero attached hydrogens (tertiary/aromatic N) is 1. The zero-order chi connectivity index (χ0) is 11.4. The molecule has 0 aromatic heterocycles. The van der Waals surface area contributed by atoms with Crippen molar-refractivity contribution in [2.75, 3.05) is 19.7 Å². The van der Waals surface area contributed by atoms with Crippen LogP contribution in [-0.4, -0.2) is 48.7 Å². The Morgan fingerprint density at radius 2 is 2.27 bits per heavy atom. The fourth-order valence-corrected chi connectivity index (χ4v) is 1.92. The van der Waals surface area contributed by atoms with Crippen LogP contribution in [-0.2, 0) is 9.53 Å². The third-order valence-corrected chi connectivity index (χ3v) is 3.08. The third kappa shape index (κ3) is 2.92. The van der Waals surface area contributed by atoms with E-state index in [0.717, 1.165) is 13.1 Å². The highest BCUT2D eigenvalue weighted by Crippen LogP contribution is 2.11. The SMILES string of the molecule is CCOC(C)C(=O)N1CCNC(C)C1C. The van der Waals surface area contributed by atoms with Crippen molar-refractivity contribution in [1.82, 2.24) is 10.2 Å². The Labute approximate surface area is 92.0 Å². The fourth-order valence-electron chi connectivity index (χ4n) is 1.92. The van der Waals surface area contributed by atoms with Crippen LogP contribution in [0.5, 0.6) is 0 Å². The molecular weight excluding hydrogens is 192 g/mol. The van der Waals surface area contributed by atoms with Gasteiger partial charge in [0.25, 0.3) is 5.91 Å². The van der Waals surface area contributed by atoms with Gasteiger partial charge in [0.15, 0.2) is 0 Å². The molecule has 1 heterocycles. The van der Waals surface area contributed by atoms with Gasteiger partial charge in [0.05, 0.1) is 0 Å². The van der Waals surface area contributed by atoms with E-state index in [9.17, 15) is 4.79 Å². The summed E-state index contributed by atoms with van der Waals surface area (Å²) in [5.74, 6) is 0.109. The highest BCUT2D eigenvalue weighted by molar-refractivity contribution is 5.81. The normalized spacial score (nSPS) is 28.9. The minimum absolute atomic E-state index is 0.109. The first-order valence-corrected chi connectivity index (χ1v) is 5.73. The van der Waals surface area contributed by atoms with E-state index >= 15 is 0 Å². The minimum Gasteiger partial charge on any atom is -0.369 e. The number of piperazine rings is 1. The Bertz CT molecular complexity index is 221. The second-order valence-corrected chi connectivity index (χ2v) is 4.11. The molecule has 0 radical (unpaired) electrons. The van der Waals surface area contributed by atoms with Gasteiger partial charge >= 0.3 is 0 Å². The molecular formula is C11H22N2O2. The predicted octanol–water partition coefficient (Wildman–Crippen LogP) is 0.620. The molecule has 0 saturated carbocycles. The van der Waals surface area contributed by atoms with Crippen LogP contribution in [0.15, 0.2) is 0 Å². The Kier molecular flexibility index (Phi) is 4.54. The standard InChI is InChI=1S/C11H22N2O2/c1-5-15-10(4)11(14)13-7-6-12-8(2)9(13)3/h8-10,12H,5-7H2,1-4H3. The summed E-state index contributed by atoms with van der Waals surface area (Å²) in [6, 6.07) is 0.602. The summed E-state index contributed by atoms with van der Waals surface area (Å²) >= 11 is 0. The lowest BCUT2D eigenvalue weighted by atomic mass is 10.1. The van der Waals surface area contributed by atoms with Crippen LogP contribution in [0.2, 0.25) is 0 Å². The monoisotopic (exact) mass is 214 g/mol. The van der Waals surface area contributed by atoms with Gasteiger partial charge in [-0.3, -0.25) is 4.79 Å². The van der Waals surface area contributed by atoms with Crippen molar-refractivity contribution in [2.24, 2.45) is 0 Å². The van der Waals surface area contributed by atoms with Crippen molar-refractivity contribution in [3.63, 3.8) is 0 Å². The van der Waals surface area contributed by atoms with Gasteiger partial charge in [-0.25, -0.2) is 0 Å². The van der Waals surface area contributed by atoms with E-state index in [2.05, 4.69) is 19.2 Å². The van der Waals surface area contributed by atoms with Gasteiger partial charge in [-0.15, -0.1) is 0 Å². The minimum atomic E-state index is -0.317. The molecule has 1 aliphatic heterocycles. The van der Waals surface area contributed by atoms with E-state index in [4.69, 9.17) is 4.74 Å². The number of nitrogens with one attached hydrogen (secondary N) is 1. The maximum atomic E-state index is 12.0. The molecule has 3 atom stereocenters. The third-order valence-electron chi connectivity index (χ3n) is 3.08. The lowest BCUT2D eigenvalue weighted by molar-refractivity contribution is -0.146. The second kappa shape index (κ2) is 5.47. The topological polar surface area (TPSA) is 41.6 Å². The van der Waals surface area contributed by atoms with E-state index < -0.39 is 0 Å². The van der Waals surface area contributed by atoms with Gasteiger partial charge in [-0.05, 0) is 27.7 Å². The largest absolute Gasteiger partial charge is 0.369 e. The zero-order valence-electron chi connectivity index (χ0n) is 10.1. The maximum absolute atomic E-state index is 12.0. The molecule has 1 fully saturated rings. The molecule has 4 heteroatoms. The van der Waals surface area contributed by atoms with E-state index in [-0.39, 0.29) is 18.1 Å². The Morgan fingerprint density at radius 1 is 1.60 bits per heavy atom. The molecule has 1 rings (SSSR count). The second-order valence-electron chi connectivity index (χ2n) is 4.11. The van der Waals surface area contributed by atoms with Crippen molar-refractivity contribution in [2.45, 2.75) is 45.9 Å². The number of rotatable bonds is 3. The molecule has 1 amide bonds. The number of carbonyl (C=O) groups is 1. The molecule has 1 aliphatic rings. The van der Waals surface area contributed by atoms with Crippen LogP contribution < -0.4 is 5.32 Å². The van der Waals surface area contributed by atoms with Crippen LogP contribution in [0.3, 0.4) is 0 Å². The van der Waals surface area contributed by atoms with Crippen LogP contribution in [0.1, 0.15) is 27.7 Å². The number of carbonyl (C=O) groups excluding carboxylic acids is 1. The van der Waals surface area contributed by atoms with E-state index in [0.29, 0.717) is 12.6 Å². The molecule has 0 spiro atoms. The van der Waals surface area contributed by atoms with Crippen LogP contribution in [0, 0.1) is 0 Å². The molecule has 0 bridgehead atoms. The van der Waals surface area contributed by atoms with Gasteiger partial charge in [-0.2, -0.15) is 0 Å². The lowest BCUT2D eigenvalue weighted by Crippen LogP contribution is -2.59. The average Bonchev–Trinajstić information content (AvgIpc) is 2.21. The quantitative estimate of drug-likeness (QED) is 0.749. The molecule has 0 aliphatic carbocycles. The average molecular weight is 214 g/mol. The molecule has 1 saturated heterocycles. The molecule has 88 valence electrons. The Morgan fingerprint density at radius 3 is 2.87 bits per heavy atom. The highest BCUT2D eigenvalue weighted by Gasteiger charge is 2.30. The van der Waals surface area contributed by atoms with Crippen molar-refractivity contribution < 1.29 is 9.53 Å². The van der Waals surface area contributed by atoms with Crippen LogP contribution >= 0.6 is 0 Å². The molecule has 15 heavy (non-hydrogen) atoms. The van der Waals surface area contributed by atoms with Crippen LogP contribution in [0.25, 0.3) is 0 Å². The molecule has 0 aromatic carbocycles. The maximum Gasteiger partial charge on any atom is 0.251 e. The number of hydrogen-bond acceptors (Lipinski definition) is 3. The van der Waals surface area contributed by atoms with Gasteiger partial charge in [0, 0.05) is 31.8 Å². The van der Waals surface area contributed by atoms with Gasteiger partial charge in [-0.1, -0.05) is 0 Å². The van der Waals surface area contributed by atoms with Gasteiger partial charge in [0.1, 0.15) is 6.10 Å².